The number of anilines is 1. The lowest BCUT2D eigenvalue weighted by Gasteiger charge is -2.05. The molecule has 0 unspecified atom stereocenters. The molecule has 142 valence electrons. The first-order chi connectivity index (χ1) is 13.4. The molecule has 3 rings (SSSR count). The van der Waals surface area contributed by atoms with Gasteiger partial charge in [0.25, 0.3) is 0 Å². The van der Waals surface area contributed by atoms with Gasteiger partial charge in [0, 0.05) is 34.8 Å². The molecule has 6 nitrogen and oxygen atoms in total. The van der Waals surface area contributed by atoms with E-state index in [0.717, 1.165) is 16.8 Å². The average molecular weight is 397 g/mol. The monoisotopic (exact) mass is 397 g/mol. The summed E-state index contributed by atoms with van der Waals surface area (Å²) in [6.45, 7) is 0. The number of carbonyl (C=O) groups excluding carboxylic acids is 1. The van der Waals surface area contributed by atoms with E-state index in [1.54, 1.807) is 60.4 Å². The Morgan fingerprint density at radius 1 is 1.14 bits per heavy atom. The summed E-state index contributed by atoms with van der Waals surface area (Å²) in [6.07, 6.45) is 4.64. The van der Waals surface area contributed by atoms with Crippen LogP contribution in [0.15, 0.2) is 65.7 Å². The van der Waals surface area contributed by atoms with Gasteiger partial charge in [-0.05, 0) is 66.4 Å². The summed E-state index contributed by atoms with van der Waals surface area (Å²) in [4.78, 5) is 23.4. The number of benzene rings is 2. The van der Waals surface area contributed by atoms with Crippen molar-refractivity contribution in [3.63, 3.8) is 0 Å². The fourth-order valence-corrected chi connectivity index (χ4v) is 3.07. The SMILES string of the molecule is Cn1ncc(/C=C/C(=O)Nc2ccc(SC(=O)O)cc2)c1-c1ccc(F)cc1. The Kier molecular flexibility index (Phi) is 5.90. The van der Waals surface area contributed by atoms with E-state index in [9.17, 15) is 14.0 Å². The predicted molar refractivity (Wildman–Crippen MR) is 107 cm³/mol. The van der Waals surface area contributed by atoms with Gasteiger partial charge in [0.1, 0.15) is 5.82 Å². The number of carbonyl (C=O) groups is 2. The van der Waals surface area contributed by atoms with E-state index in [2.05, 4.69) is 10.4 Å². The van der Waals surface area contributed by atoms with Crippen molar-refractivity contribution in [1.82, 2.24) is 9.78 Å². The van der Waals surface area contributed by atoms with Crippen LogP contribution in [0.1, 0.15) is 5.56 Å². The van der Waals surface area contributed by atoms with Crippen LogP contribution >= 0.6 is 11.8 Å². The molecule has 0 radical (unpaired) electrons. The molecule has 0 atom stereocenters. The van der Waals surface area contributed by atoms with E-state index >= 15 is 0 Å². The molecule has 3 aromatic rings. The number of nitrogens with zero attached hydrogens (tertiary/aromatic N) is 2. The normalized spacial score (nSPS) is 10.9. The lowest BCUT2D eigenvalue weighted by molar-refractivity contribution is -0.111. The first kappa shape index (κ1) is 19.4. The molecule has 2 aromatic carbocycles. The van der Waals surface area contributed by atoms with Gasteiger partial charge in [0.15, 0.2) is 0 Å². The van der Waals surface area contributed by atoms with Crippen molar-refractivity contribution in [3.05, 3.63) is 72.2 Å². The number of carboxylic acid groups (broad SMARTS) is 1. The summed E-state index contributed by atoms with van der Waals surface area (Å²) in [5.74, 6) is -0.664. The molecule has 1 amide bonds. The minimum absolute atomic E-state index is 0.324. The van der Waals surface area contributed by atoms with Gasteiger partial charge in [0.05, 0.1) is 11.9 Å². The minimum Gasteiger partial charge on any atom is -0.473 e. The molecule has 0 bridgehead atoms. The molecule has 0 aliphatic carbocycles. The van der Waals surface area contributed by atoms with E-state index in [0.29, 0.717) is 22.3 Å². The summed E-state index contributed by atoms with van der Waals surface area (Å²) < 4.78 is 14.8. The highest BCUT2D eigenvalue weighted by Crippen LogP contribution is 2.25. The lowest BCUT2D eigenvalue weighted by atomic mass is 10.1. The van der Waals surface area contributed by atoms with Gasteiger partial charge in [-0.1, -0.05) is 0 Å². The van der Waals surface area contributed by atoms with Crippen molar-refractivity contribution in [2.45, 2.75) is 4.90 Å². The van der Waals surface area contributed by atoms with Gasteiger partial charge in [-0.15, -0.1) is 0 Å². The Hall–Kier alpha value is -3.39. The van der Waals surface area contributed by atoms with Crippen molar-refractivity contribution < 1.29 is 19.1 Å². The van der Waals surface area contributed by atoms with Crippen molar-refractivity contribution in [1.29, 1.82) is 0 Å². The van der Waals surface area contributed by atoms with Crippen molar-refractivity contribution in [3.8, 4) is 11.3 Å². The lowest BCUT2D eigenvalue weighted by Crippen LogP contribution is -2.07. The van der Waals surface area contributed by atoms with Gasteiger partial charge in [-0.2, -0.15) is 5.10 Å². The van der Waals surface area contributed by atoms with Gasteiger partial charge in [0.2, 0.25) is 5.91 Å². The van der Waals surface area contributed by atoms with Crippen molar-refractivity contribution >= 4 is 34.7 Å². The number of nitrogens with one attached hydrogen (secondary N) is 1. The number of hydrogen-bond donors (Lipinski definition) is 2. The fraction of sp³-hybridized carbons (Fsp3) is 0.0500. The maximum absolute atomic E-state index is 13.2. The smallest absolute Gasteiger partial charge is 0.369 e. The summed E-state index contributed by atoms with van der Waals surface area (Å²) >= 11 is 0.693. The van der Waals surface area contributed by atoms with Crippen molar-refractivity contribution in [2.75, 3.05) is 5.32 Å². The first-order valence-corrected chi connectivity index (χ1v) is 9.02. The molecule has 0 saturated heterocycles. The van der Waals surface area contributed by atoms with Crippen LogP contribution < -0.4 is 5.32 Å². The highest BCUT2D eigenvalue weighted by Gasteiger charge is 2.09. The quantitative estimate of drug-likeness (QED) is 0.484. The van der Waals surface area contributed by atoms with E-state index in [1.165, 1.54) is 18.2 Å². The Balaban J connectivity index is 1.71. The van der Waals surface area contributed by atoms with Crippen LogP contribution in [0.3, 0.4) is 0 Å². The molecule has 0 aliphatic rings. The highest BCUT2D eigenvalue weighted by molar-refractivity contribution is 8.13. The van der Waals surface area contributed by atoms with Gasteiger partial charge >= 0.3 is 5.30 Å². The first-order valence-electron chi connectivity index (χ1n) is 8.20. The minimum atomic E-state index is -0.992. The van der Waals surface area contributed by atoms with Crippen LogP contribution in [-0.2, 0) is 11.8 Å². The molecule has 0 saturated carbocycles. The van der Waals surface area contributed by atoms with Crippen LogP contribution in [-0.4, -0.2) is 26.1 Å². The van der Waals surface area contributed by atoms with Gasteiger partial charge in [-0.3, -0.25) is 9.48 Å². The number of halogens is 1. The largest absolute Gasteiger partial charge is 0.473 e. The molecule has 1 aromatic heterocycles. The molecule has 0 spiro atoms. The second kappa shape index (κ2) is 8.53. The Morgan fingerprint density at radius 3 is 2.46 bits per heavy atom. The maximum Gasteiger partial charge on any atom is 0.369 e. The average Bonchev–Trinajstić information content (AvgIpc) is 3.02. The number of aryl methyl sites for hydroxylation is 1. The molecule has 2 N–H and O–H groups in total. The molecule has 0 fully saturated rings. The van der Waals surface area contributed by atoms with E-state index in [1.807, 2.05) is 0 Å². The number of amides is 1. The molecule has 0 aliphatic heterocycles. The molecule has 28 heavy (non-hydrogen) atoms. The standard InChI is InChI=1S/C20H16FN3O3S/c1-24-19(13-2-5-15(21)6-3-13)14(12-22-24)4-11-18(25)23-16-7-9-17(10-8-16)28-20(26)27/h2-12H,1H3,(H,23,25)(H,26,27)/b11-4+. The predicted octanol–water partition coefficient (Wildman–Crippen LogP) is 4.65. The maximum atomic E-state index is 13.2. The van der Waals surface area contributed by atoms with Crippen LogP contribution in [0.2, 0.25) is 0 Å². The third-order valence-corrected chi connectivity index (χ3v) is 4.51. The zero-order chi connectivity index (χ0) is 20.1. The number of thioether (sulfide) groups is 1. The Morgan fingerprint density at radius 2 is 1.82 bits per heavy atom. The van der Waals surface area contributed by atoms with E-state index in [-0.39, 0.29) is 11.7 Å². The number of rotatable bonds is 5. The zero-order valence-electron chi connectivity index (χ0n) is 14.8. The topological polar surface area (TPSA) is 84.2 Å². The van der Waals surface area contributed by atoms with Crippen LogP contribution in [0.25, 0.3) is 17.3 Å². The Labute approximate surface area is 164 Å². The van der Waals surface area contributed by atoms with Gasteiger partial charge < -0.3 is 10.4 Å². The van der Waals surface area contributed by atoms with Crippen LogP contribution in [0.5, 0.6) is 0 Å². The Bertz CT molecular complexity index is 1030. The summed E-state index contributed by atoms with van der Waals surface area (Å²) in [5.41, 5.74) is 2.82. The molecular weight excluding hydrogens is 381 g/mol. The van der Waals surface area contributed by atoms with Crippen LogP contribution in [0.4, 0.5) is 14.9 Å². The highest BCUT2D eigenvalue weighted by atomic mass is 32.2. The van der Waals surface area contributed by atoms with E-state index in [4.69, 9.17) is 5.11 Å². The third-order valence-electron chi connectivity index (χ3n) is 3.83. The van der Waals surface area contributed by atoms with Crippen LogP contribution in [0, 0.1) is 5.82 Å². The number of aromatic nitrogens is 2. The summed E-state index contributed by atoms with van der Waals surface area (Å²) in [6, 6.07) is 12.5. The molecule has 1 heterocycles. The second-order valence-corrected chi connectivity index (χ2v) is 6.82. The van der Waals surface area contributed by atoms with Gasteiger partial charge in [-0.25, -0.2) is 9.18 Å². The van der Waals surface area contributed by atoms with E-state index < -0.39 is 5.30 Å². The number of hydrogen-bond acceptors (Lipinski definition) is 4. The molecular formula is C20H16FN3O3S. The zero-order valence-corrected chi connectivity index (χ0v) is 15.6. The third kappa shape index (κ3) is 4.86. The second-order valence-electron chi connectivity index (χ2n) is 5.79. The fourth-order valence-electron chi connectivity index (χ4n) is 2.59. The molecule has 8 heteroatoms. The summed E-state index contributed by atoms with van der Waals surface area (Å²) in [5, 5.41) is 14.7. The summed E-state index contributed by atoms with van der Waals surface area (Å²) in [7, 11) is 1.77. The van der Waals surface area contributed by atoms with Crippen molar-refractivity contribution in [2.24, 2.45) is 7.05 Å².